The zero-order valence-electron chi connectivity index (χ0n) is 12.1. The molecule has 0 radical (unpaired) electrons. The summed E-state index contributed by atoms with van der Waals surface area (Å²) in [7, 11) is 9.96. The van der Waals surface area contributed by atoms with E-state index in [4.69, 9.17) is 0 Å². The molecule has 18 heavy (non-hydrogen) atoms. The van der Waals surface area contributed by atoms with Crippen LogP contribution in [0.5, 0.6) is 0 Å². The van der Waals surface area contributed by atoms with E-state index < -0.39 is 0 Å². The fraction of sp³-hybridized carbons (Fsp3) is 0.667. The molecule has 0 bridgehead atoms. The van der Waals surface area contributed by atoms with Crippen molar-refractivity contribution < 1.29 is 0 Å². The first-order valence-electron chi connectivity index (χ1n) is 5.86. The van der Waals surface area contributed by atoms with Crippen molar-refractivity contribution in [3.8, 4) is 0 Å². The molecule has 0 aromatic carbocycles. The number of nitrogens with zero attached hydrogens (tertiary/aromatic N) is 5. The lowest BCUT2D eigenvalue weighted by Gasteiger charge is -2.22. The van der Waals surface area contributed by atoms with Crippen molar-refractivity contribution in [1.82, 2.24) is 19.6 Å². The average molecular weight is 365 g/mol. The fourth-order valence-corrected chi connectivity index (χ4v) is 1.85. The van der Waals surface area contributed by atoms with Gasteiger partial charge in [-0.05, 0) is 6.42 Å². The Bertz CT molecular complexity index is 385. The van der Waals surface area contributed by atoms with Crippen molar-refractivity contribution in [2.75, 3.05) is 28.2 Å². The second-order valence-corrected chi connectivity index (χ2v) is 4.53. The SMILES string of the molecule is CCc1nn(C)cc1CN=C(N(C)C)N(C)C.I. The van der Waals surface area contributed by atoms with Gasteiger partial charge < -0.3 is 9.80 Å². The molecule has 0 N–H and O–H groups in total. The summed E-state index contributed by atoms with van der Waals surface area (Å²) in [4.78, 5) is 8.66. The number of halogens is 1. The first-order valence-corrected chi connectivity index (χ1v) is 5.86. The summed E-state index contributed by atoms with van der Waals surface area (Å²) < 4.78 is 1.86. The Hall–Kier alpha value is -0.790. The van der Waals surface area contributed by atoms with Gasteiger partial charge in [0.05, 0.1) is 12.2 Å². The molecule has 0 unspecified atom stereocenters. The zero-order valence-corrected chi connectivity index (χ0v) is 14.5. The topological polar surface area (TPSA) is 36.7 Å². The maximum Gasteiger partial charge on any atom is 0.195 e. The Labute approximate surface area is 127 Å². The van der Waals surface area contributed by atoms with E-state index in [9.17, 15) is 0 Å². The second-order valence-electron chi connectivity index (χ2n) is 4.53. The number of aromatic nitrogens is 2. The molecule has 0 fully saturated rings. The van der Waals surface area contributed by atoms with Crippen LogP contribution in [0.2, 0.25) is 0 Å². The minimum absolute atomic E-state index is 0. The Balaban J connectivity index is 0.00000289. The van der Waals surface area contributed by atoms with E-state index in [1.54, 1.807) is 0 Å². The molecule has 1 aromatic rings. The molecule has 1 rings (SSSR count). The molecule has 0 amide bonds. The third kappa shape index (κ3) is 4.47. The Morgan fingerprint density at radius 1 is 1.28 bits per heavy atom. The standard InChI is InChI=1S/C12H23N5.HI/c1-7-11-10(9-17(6)14-11)8-13-12(15(2)3)16(4)5;/h9H,7-8H2,1-6H3;1H. The van der Waals surface area contributed by atoms with E-state index in [2.05, 4.69) is 17.0 Å². The molecule has 0 spiro atoms. The third-order valence-electron chi connectivity index (χ3n) is 2.52. The van der Waals surface area contributed by atoms with E-state index in [-0.39, 0.29) is 24.0 Å². The van der Waals surface area contributed by atoms with Crippen LogP contribution in [-0.2, 0) is 20.0 Å². The van der Waals surface area contributed by atoms with Gasteiger partial charge >= 0.3 is 0 Å². The van der Waals surface area contributed by atoms with Gasteiger partial charge in [-0.3, -0.25) is 4.68 Å². The van der Waals surface area contributed by atoms with Crippen LogP contribution < -0.4 is 0 Å². The van der Waals surface area contributed by atoms with E-state index in [0.29, 0.717) is 6.54 Å². The van der Waals surface area contributed by atoms with Crippen LogP contribution in [0.4, 0.5) is 0 Å². The maximum atomic E-state index is 4.63. The van der Waals surface area contributed by atoms with Crippen LogP contribution in [0, 0.1) is 0 Å². The number of guanidine groups is 1. The fourth-order valence-electron chi connectivity index (χ4n) is 1.85. The summed E-state index contributed by atoms with van der Waals surface area (Å²) >= 11 is 0. The van der Waals surface area contributed by atoms with Gasteiger partial charge in [-0.2, -0.15) is 5.10 Å². The van der Waals surface area contributed by atoms with Gasteiger partial charge in [0.25, 0.3) is 0 Å². The molecule has 1 heterocycles. The molecule has 0 aliphatic heterocycles. The Kier molecular flexibility index (Phi) is 7.27. The minimum Gasteiger partial charge on any atom is -0.349 e. The lowest BCUT2D eigenvalue weighted by molar-refractivity contribution is 0.479. The van der Waals surface area contributed by atoms with Crippen molar-refractivity contribution in [2.45, 2.75) is 19.9 Å². The Morgan fingerprint density at radius 3 is 2.28 bits per heavy atom. The molecule has 0 saturated carbocycles. The van der Waals surface area contributed by atoms with Crippen molar-refractivity contribution in [1.29, 1.82) is 0 Å². The lowest BCUT2D eigenvalue weighted by Crippen LogP contribution is -2.35. The summed E-state index contributed by atoms with van der Waals surface area (Å²) in [5, 5.41) is 4.42. The average Bonchev–Trinajstić information content (AvgIpc) is 2.58. The normalized spacial score (nSPS) is 9.67. The smallest absolute Gasteiger partial charge is 0.195 e. The summed E-state index contributed by atoms with van der Waals surface area (Å²) in [6, 6.07) is 0. The number of aryl methyl sites for hydroxylation is 2. The van der Waals surface area contributed by atoms with Gasteiger partial charge in [-0.25, -0.2) is 4.99 Å². The van der Waals surface area contributed by atoms with Crippen LogP contribution in [0.25, 0.3) is 0 Å². The minimum atomic E-state index is 0. The molecule has 5 nitrogen and oxygen atoms in total. The van der Waals surface area contributed by atoms with Crippen LogP contribution in [0.15, 0.2) is 11.2 Å². The molecular weight excluding hydrogens is 341 g/mol. The van der Waals surface area contributed by atoms with E-state index >= 15 is 0 Å². The first kappa shape index (κ1) is 17.2. The van der Waals surface area contributed by atoms with E-state index in [0.717, 1.165) is 18.1 Å². The predicted molar refractivity (Wildman–Crippen MR) is 86.5 cm³/mol. The van der Waals surface area contributed by atoms with Gasteiger partial charge in [0.2, 0.25) is 0 Å². The van der Waals surface area contributed by atoms with Gasteiger partial charge in [-0.1, -0.05) is 6.92 Å². The molecule has 0 aliphatic carbocycles. The first-order chi connectivity index (χ1) is 7.95. The molecule has 104 valence electrons. The summed E-state index contributed by atoms with van der Waals surface area (Å²) in [5.74, 6) is 0.968. The number of aliphatic imine (C=N–C) groups is 1. The highest BCUT2D eigenvalue weighted by Gasteiger charge is 2.07. The van der Waals surface area contributed by atoms with Crippen molar-refractivity contribution in [2.24, 2.45) is 12.0 Å². The zero-order chi connectivity index (χ0) is 13.0. The number of hydrogen-bond donors (Lipinski definition) is 0. The highest BCUT2D eigenvalue weighted by molar-refractivity contribution is 14.0. The molecule has 0 aliphatic rings. The highest BCUT2D eigenvalue weighted by atomic mass is 127. The van der Waals surface area contributed by atoms with Crippen molar-refractivity contribution in [3.63, 3.8) is 0 Å². The van der Waals surface area contributed by atoms with Gasteiger partial charge in [0, 0.05) is 47.0 Å². The maximum absolute atomic E-state index is 4.63. The third-order valence-corrected chi connectivity index (χ3v) is 2.52. The van der Waals surface area contributed by atoms with Crippen LogP contribution in [0.1, 0.15) is 18.2 Å². The van der Waals surface area contributed by atoms with Crippen LogP contribution >= 0.6 is 24.0 Å². The molecule has 0 saturated heterocycles. The molecule has 6 heteroatoms. The second kappa shape index (κ2) is 7.60. The molecule has 1 aromatic heterocycles. The molecular formula is C12H24IN5. The van der Waals surface area contributed by atoms with Crippen molar-refractivity contribution in [3.05, 3.63) is 17.5 Å². The predicted octanol–water partition coefficient (Wildman–Crippen LogP) is 1.58. The van der Waals surface area contributed by atoms with Crippen molar-refractivity contribution >= 4 is 29.9 Å². The summed E-state index contributed by atoms with van der Waals surface area (Å²) in [6.45, 7) is 2.80. The van der Waals surface area contributed by atoms with Gasteiger partial charge in [0.1, 0.15) is 0 Å². The van der Waals surface area contributed by atoms with E-state index in [1.165, 1.54) is 5.56 Å². The number of hydrogen-bond acceptors (Lipinski definition) is 2. The summed E-state index contributed by atoms with van der Waals surface area (Å²) in [5.41, 5.74) is 2.34. The largest absolute Gasteiger partial charge is 0.349 e. The van der Waals surface area contributed by atoms with Gasteiger partial charge in [-0.15, -0.1) is 24.0 Å². The van der Waals surface area contributed by atoms with Gasteiger partial charge in [0.15, 0.2) is 5.96 Å². The highest BCUT2D eigenvalue weighted by Crippen LogP contribution is 2.09. The van der Waals surface area contributed by atoms with E-state index in [1.807, 2.05) is 55.9 Å². The quantitative estimate of drug-likeness (QED) is 0.464. The Morgan fingerprint density at radius 2 is 1.83 bits per heavy atom. The van der Waals surface area contributed by atoms with Crippen LogP contribution in [-0.4, -0.2) is 53.7 Å². The number of rotatable bonds is 3. The molecule has 0 atom stereocenters. The lowest BCUT2D eigenvalue weighted by atomic mass is 10.2. The summed E-state index contributed by atoms with van der Waals surface area (Å²) in [6.07, 6.45) is 3.00. The monoisotopic (exact) mass is 365 g/mol. The van der Waals surface area contributed by atoms with Crippen LogP contribution in [0.3, 0.4) is 0 Å².